The first-order valence-corrected chi connectivity index (χ1v) is 5.30. The van der Waals surface area contributed by atoms with Crippen LogP contribution in [0.5, 0.6) is 0 Å². The van der Waals surface area contributed by atoms with Crippen LogP contribution in [-0.4, -0.2) is 12.6 Å². The molecule has 0 aromatic carbocycles. The van der Waals surface area contributed by atoms with E-state index in [0.29, 0.717) is 0 Å². The average Bonchev–Trinajstić information content (AvgIpc) is 2.12. The minimum absolute atomic E-state index is 1.02. The molecule has 0 bridgehead atoms. The van der Waals surface area contributed by atoms with Crippen molar-refractivity contribution in [3.05, 3.63) is 0 Å². The number of hydrogen-bond acceptors (Lipinski definition) is 0. The van der Waals surface area contributed by atoms with Crippen LogP contribution in [0.3, 0.4) is 0 Å². The van der Waals surface area contributed by atoms with Crippen LogP contribution in [0, 0.1) is 5.92 Å². The molecule has 2 rings (SSSR count). The minimum Gasteiger partial charge on any atom is -0.344 e. The summed E-state index contributed by atoms with van der Waals surface area (Å²) in [6, 6.07) is 1.02. The molecule has 0 amide bonds. The lowest BCUT2D eigenvalue weighted by atomic mass is 9.78. The zero-order valence-corrected chi connectivity index (χ0v) is 7.39. The van der Waals surface area contributed by atoms with Gasteiger partial charge in [-0.15, -0.1) is 0 Å². The van der Waals surface area contributed by atoms with E-state index in [0.717, 1.165) is 12.0 Å². The zero-order chi connectivity index (χ0) is 7.52. The smallest absolute Gasteiger partial charge is 0.0887 e. The molecule has 1 saturated heterocycles. The van der Waals surface area contributed by atoms with Crippen molar-refractivity contribution in [1.82, 2.24) is 0 Å². The van der Waals surface area contributed by atoms with Crippen molar-refractivity contribution in [2.24, 2.45) is 5.92 Å². The maximum absolute atomic E-state index is 2.62. The largest absolute Gasteiger partial charge is 0.344 e. The summed E-state index contributed by atoms with van der Waals surface area (Å²) in [5, 5.41) is 2.62. The van der Waals surface area contributed by atoms with Crippen LogP contribution in [0.4, 0.5) is 0 Å². The van der Waals surface area contributed by atoms with Gasteiger partial charge in [-0.2, -0.15) is 0 Å². The van der Waals surface area contributed by atoms with E-state index in [1.165, 1.54) is 51.5 Å². The zero-order valence-electron chi connectivity index (χ0n) is 7.39. The van der Waals surface area contributed by atoms with Gasteiger partial charge in [0.25, 0.3) is 0 Å². The molecule has 0 radical (unpaired) electrons. The molecule has 1 atom stereocenters. The number of hydrogen-bond donors (Lipinski definition) is 1. The first kappa shape index (κ1) is 7.60. The molecule has 2 aliphatic rings. The number of nitrogens with two attached hydrogens (primary N) is 1. The lowest BCUT2D eigenvalue weighted by Crippen LogP contribution is -2.91. The topological polar surface area (TPSA) is 16.6 Å². The first-order valence-electron chi connectivity index (χ1n) is 5.30. The number of rotatable bonds is 1. The fourth-order valence-corrected chi connectivity index (χ4v) is 2.45. The Balaban J connectivity index is 1.80. The second-order valence-electron chi connectivity index (χ2n) is 4.23. The second kappa shape index (κ2) is 3.57. The number of quaternary nitrogens is 1. The van der Waals surface area contributed by atoms with Gasteiger partial charge in [-0.3, -0.25) is 0 Å². The Kier molecular flexibility index (Phi) is 2.47. The summed E-state index contributed by atoms with van der Waals surface area (Å²) in [6.07, 6.45) is 10.5. The molecular weight excluding hydrogens is 134 g/mol. The molecular formula is C10H20N+. The van der Waals surface area contributed by atoms with E-state index in [9.17, 15) is 0 Å². The summed E-state index contributed by atoms with van der Waals surface area (Å²) >= 11 is 0. The molecule has 1 heteroatoms. The molecule has 0 aromatic heterocycles. The Hall–Kier alpha value is -0.0400. The van der Waals surface area contributed by atoms with Crippen LogP contribution < -0.4 is 5.32 Å². The molecule has 2 N–H and O–H groups in total. The molecule has 11 heavy (non-hydrogen) atoms. The summed E-state index contributed by atoms with van der Waals surface area (Å²) in [4.78, 5) is 0. The third kappa shape index (κ3) is 1.76. The SMILES string of the molecule is C1CC[NH2+][C@H](C2CCC2)CC1. The molecule has 1 nitrogen and oxygen atoms in total. The normalized spacial score (nSPS) is 34.4. The Morgan fingerprint density at radius 2 is 1.73 bits per heavy atom. The van der Waals surface area contributed by atoms with E-state index >= 15 is 0 Å². The maximum Gasteiger partial charge on any atom is 0.0887 e. The van der Waals surface area contributed by atoms with Crippen molar-refractivity contribution in [3.63, 3.8) is 0 Å². The molecule has 1 heterocycles. The first-order chi connectivity index (χ1) is 5.47. The molecule has 0 unspecified atom stereocenters. The third-order valence-electron chi connectivity index (χ3n) is 3.47. The highest BCUT2D eigenvalue weighted by molar-refractivity contribution is 4.77. The predicted molar refractivity (Wildman–Crippen MR) is 46.4 cm³/mol. The summed E-state index contributed by atoms with van der Waals surface area (Å²) in [5.41, 5.74) is 0. The van der Waals surface area contributed by atoms with Crippen molar-refractivity contribution in [2.45, 2.75) is 51.0 Å². The highest BCUT2D eigenvalue weighted by atomic mass is 14.9. The molecule has 2 fully saturated rings. The Morgan fingerprint density at radius 3 is 2.45 bits per heavy atom. The van der Waals surface area contributed by atoms with Crippen LogP contribution >= 0.6 is 0 Å². The van der Waals surface area contributed by atoms with E-state index in [4.69, 9.17) is 0 Å². The van der Waals surface area contributed by atoms with Crippen molar-refractivity contribution < 1.29 is 5.32 Å². The Bertz CT molecular complexity index is 110. The van der Waals surface area contributed by atoms with Gasteiger partial charge in [-0.05, 0) is 38.5 Å². The monoisotopic (exact) mass is 154 g/mol. The summed E-state index contributed by atoms with van der Waals surface area (Å²) in [6.45, 7) is 1.40. The average molecular weight is 154 g/mol. The highest BCUT2D eigenvalue weighted by Crippen LogP contribution is 2.30. The van der Waals surface area contributed by atoms with Gasteiger partial charge in [0.15, 0.2) is 0 Å². The molecule has 0 spiro atoms. The molecule has 1 aliphatic heterocycles. The summed E-state index contributed by atoms with van der Waals surface area (Å²) < 4.78 is 0. The van der Waals surface area contributed by atoms with E-state index in [-0.39, 0.29) is 0 Å². The molecule has 0 aromatic rings. The van der Waals surface area contributed by atoms with Crippen LogP contribution in [0.2, 0.25) is 0 Å². The van der Waals surface area contributed by atoms with E-state index < -0.39 is 0 Å². The van der Waals surface area contributed by atoms with Crippen LogP contribution in [0.1, 0.15) is 44.9 Å². The standard InChI is InChI=1S/C10H19N/c1-2-7-10(11-8-3-1)9-5-4-6-9/h9-11H,1-8H2/p+1/t10-/m0/s1. The van der Waals surface area contributed by atoms with Crippen molar-refractivity contribution >= 4 is 0 Å². The van der Waals surface area contributed by atoms with Crippen LogP contribution in [0.15, 0.2) is 0 Å². The van der Waals surface area contributed by atoms with Gasteiger partial charge < -0.3 is 5.32 Å². The van der Waals surface area contributed by atoms with Gasteiger partial charge in [0, 0.05) is 5.92 Å². The Morgan fingerprint density at radius 1 is 0.818 bits per heavy atom. The molecule has 64 valence electrons. The fraction of sp³-hybridized carbons (Fsp3) is 1.00. The van der Waals surface area contributed by atoms with Crippen molar-refractivity contribution in [2.75, 3.05) is 6.54 Å². The van der Waals surface area contributed by atoms with Crippen molar-refractivity contribution in [1.29, 1.82) is 0 Å². The predicted octanol–water partition coefficient (Wildman–Crippen LogP) is 1.29. The van der Waals surface area contributed by atoms with Crippen molar-refractivity contribution in [3.8, 4) is 0 Å². The summed E-state index contributed by atoms with van der Waals surface area (Å²) in [7, 11) is 0. The summed E-state index contributed by atoms with van der Waals surface area (Å²) in [5.74, 6) is 1.10. The molecule has 1 saturated carbocycles. The van der Waals surface area contributed by atoms with Gasteiger partial charge in [0.05, 0.1) is 12.6 Å². The van der Waals surface area contributed by atoms with Crippen LogP contribution in [-0.2, 0) is 0 Å². The highest BCUT2D eigenvalue weighted by Gasteiger charge is 2.29. The minimum atomic E-state index is 1.02. The van der Waals surface area contributed by atoms with E-state index in [1.54, 1.807) is 0 Å². The maximum atomic E-state index is 2.62. The second-order valence-corrected chi connectivity index (χ2v) is 4.23. The van der Waals surface area contributed by atoms with E-state index in [2.05, 4.69) is 5.32 Å². The van der Waals surface area contributed by atoms with Gasteiger partial charge in [0.2, 0.25) is 0 Å². The quantitative estimate of drug-likeness (QED) is 0.586. The third-order valence-corrected chi connectivity index (χ3v) is 3.47. The van der Waals surface area contributed by atoms with Gasteiger partial charge >= 0.3 is 0 Å². The lowest BCUT2D eigenvalue weighted by Gasteiger charge is -2.30. The fourth-order valence-electron chi connectivity index (χ4n) is 2.45. The van der Waals surface area contributed by atoms with Gasteiger partial charge in [0.1, 0.15) is 0 Å². The van der Waals surface area contributed by atoms with Gasteiger partial charge in [-0.1, -0.05) is 6.42 Å². The Labute approximate surface area is 69.6 Å². The van der Waals surface area contributed by atoms with E-state index in [1.807, 2.05) is 0 Å². The molecule has 1 aliphatic carbocycles. The lowest BCUT2D eigenvalue weighted by molar-refractivity contribution is -0.696. The van der Waals surface area contributed by atoms with Crippen LogP contribution in [0.25, 0.3) is 0 Å². The van der Waals surface area contributed by atoms with Gasteiger partial charge in [-0.25, -0.2) is 0 Å².